The Balaban J connectivity index is 1.26. The number of ether oxygens (including phenoxy) is 2. The van der Waals surface area contributed by atoms with Gasteiger partial charge >= 0.3 is 11.9 Å². The van der Waals surface area contributed by atoms with Crippen molar-refractivity contribution >= 4 is 46.0 Å². The molecule has 320 valence electrons. The Hall–Kier alpha value is -6.11. The van der Waals surface area contributed by atoms with Gasteiger partial charge < -0.3 is 29.9 Å². The molecule has 0 fully saturated rings. The largest absolute Gasteiger partial charge is 0.488 e. The van der Waals surface area contributed by atoms with Gasteiger partial charge in [0.1, 0.15) is 41.9 Å². The van der Waals surface area contributed by atoms with E-state index < -0.39 is 36.2 Å². The molecule has 0 amide bonds. The van der Waals surface area contributed by atoms with E-state index in [-0.39, 0.29) is 31.3 Å². The normalized spacial score (nSPS) is 13.2. The molecule has 0 spiro atoms. The van der Waals surface area contributed by atoms with E-state index in [0.717, 1.165) is 49.9 Å². The van der Waals surface area contributed by atoms with Gasteiger partial charge in [-0.05, 0) is 97.0 Å². The third-order valence-corrected chi connectivity index (χ3v) is 11.5. The first-order valence-corrected chi connectivity index (χ1v) is 20.2. The molecule has 6 rings (SSSR count). The molecule has 2 unspecified atom stereocenters. The van der Waals surface area contributed by atoms with Crippen LogP contribution in [0.2, 0.25) is 10.0 Å². The number of hydrogen-bond donors (Lipinski definition) is 6. The summed E-state index contributed by atoms with van der Waals surface area (Å²) >= 11 is 13.4. The van der Waals surface area contributed by atoms with Gasteiger partial charge in [0.25, 0.3) is 0 Å². The first-order chi connectivity index (χ1) is 29.6. The Labute approximate surface area is 368 Å². The number of nitrogens with zero attached hydrogens (tertiary/aromatic N) is 3. The molecule has 2 atom stereocenters. The van der Waals surface area contributed by atoms with Crippen LogP contribution in [0.15, 0.2) is 91.4 Å². The lowest BCUT2D eigenvalue weighted by atomic mass is 9.89. The average molecular weight is 879 g/mol. The summed E-state index contributed by atoms with van der Waals surface area (Å²) < 4.78 is 12.5. The lowest BCUT2D eigenvalue weighted by Gasteiger charge is -2.25. The zero-order valence-corrected chi connectivity index (χ0v) is 35.9. The molecule has 0 saturated carbocycles. The zero-order chi connectivity index (χ0) is 44.8. The van der Waals surface area contributed by atoms with E-state index in [1.165, 1.54) is 20.0 Å². The number of halogens is 2. The van der Waals surface area contributed by atoms with Gasteiger partial charge in [0.15, 0.2) is 0 Å². The van der Waals surface area contributed by atoms with Crippen LogP contribution in [0.25, 0.3) is 33.2 Å². The van der Waals surface area contributed by atoms with Gasteiger partial charge in [0.05, 0.1) is 34.3 Å². The monoisotopic (exact) mass is 877 g/mol. The number of hydrogen-bond acceptors (Lipinski definition) is 11. The highest BCUT2D eigenvalue weighted by Gasteiger charge is 2.33. The minimum Gasteiger partial charge on any atom is -0.488 e. The Morgan fingerprint density at radius 2 is 1.37 bits per heavy atom. The van der Waals surface area contributed by atoms with Crippen LogP contribution in [0.3, 0.4) is 0 Å². The molecule has 0 radical (unpaired) electrons. The molecule has 0 aliphatic rings. The number of nitrogens with one attached hydrogen (secondary N) is 2. The van der Waals surface area contributed by atoms with Crippen molar-refractivity contribution in [3.8, 4) is 39.8 Å². The molecule has 15 heteroatoms. The third kappa shape index (κ3) is 9.98. The second-order valence-electron chi connectivity index (χ2n) is 15.4. The summed E-state index contributed by atoms with van der Waals surface area (Å²) in [5.74, 6) is -1.71. The first kappa shape index (κ1) is 45.4. The number of carbonyl (C=O) groups is 2. The molecule has 2 aromatic heterocycles. The molecule has 62 heavy (non-hydrogen) atoms. The van der Waals surface area contributed by atoms with Crippen LogP contribution in [0.1, 0.15) is 52.8 Å². The molecule has 6 aromatic rings. The van der Waals surface area contributed by atoms with Crippen LogP contribution < -0.4 is 20.1 Å². The smallest absolute Gasteiger partial charge is 0.326 e. The predicted molar refractivity (Wildman–Crippen MR) is 236 cm³/mol. The number of carboxylic acids is 2. The summed E-state index contributed by atoms with van der Waals surface area (Å²) in [5, 5.41) is 55.3. The summed E-state index contributed by atoms with van der Waals surface area (Å²) in [4.78, 5) is 32.4. The summed E-state index contributed by atoms with van der Waals surface area (Å²) in [5.41, 5.74) is 6.47. The van der Waals surface area contributed by atoms with Crippen LogP contribution >= 0.6 is 23.2 Å². The van der Waals surface area contributed by atoms with E-state index >= 15 is 0 Å². The van der Waals surface area contributed by atoms with E-state index in [2.05, 4.69) is 39.7 Å². The number of rotatable bonds is 18. The number of aliphatic carboxylic acids is 2. The number of benzene rings is 4. The van der Waals surface area contributed by atoms with Crippen LogP contribution in [-0.2, 0) is 35.9 Å². The second kappa shape index (κ2) is 19.3. The molecule has 0 aliphatic heterocycles. The first-order valence-electron chi connectivity index (χ1n) is 19.5. The molecule has 13 nitrogen and oxygen atoms in total. The van der Waals surface area contributed by atoms with Gasteiger partial charge in [-0.3, -0.25) is 30.2 Å². The number of carboxylic acid groups (broad SMARTS) is 2. The summed E-state index contributed by atoms with van der Waals surface area (Å²) in [6.45, 7) is 6.00. The fraction of sp³-hybridized carbons (Fsp3) is 0.255. The maximum Gasteiger partial charge on any atom is 0.326 e. The standard InChI is InChI=1S/C47H45Cl2N5O8/c1-27-32(24-62-42-16-41(61-23-31-11-30(17-50)18-51-19-31)35(15-39(42)48)22-54-47(4,26-56)45(59)60)7-5-9-37(27)38-10-6-8-36(28(38)2)34-14-33-12-29(13-40(49)43(33)52-21-34)20-53-46(3,25-55)44(57)58/h5-16,18-19,21,53-56H,20,22-26H2,1-4H3,(H,57,58)(H,59,60). The minimum atomic E-state index is -1.62. The maximum absolute atomic E-state index is 11.9. The van der Waals surface area contributed by atoms with Gasteiger partial charge in [-0.15, -0.1) is 0 Å². The van der Waals surface area contributed by atoms with Crippen LogP contribution in [0, 0.1) is 25.2 Å². The zero-order valence-electron chi connectivity index (χ0n) is 34.4. The fourth-order valence-corrected chi connectivity index (χ4v) is 7.31. The van der Waals surface area contributed by atoms with Crippen LogP contribution in [0.5, 0.6) is 11.5 Å². The summed E-state index contributed by atoms with van der Waals surface area (Å²) in [7, 11) is 0. The number of pyridine rings is 2. The Kier molecular flexibility index (Phi) is 14.1. The quantitative estimate of drug-likeness (QED) is 0.0489. The molecular weight excluding hydrogens is 833 g/mol. The van der Waals surface area contributed by atoms with Crippen LogP contribution in [0.4, 0.5) is 0 Å². The third-order valence-electron chi connectivity index (χ3n) is 10.9. The van der Waals surface area contributed by atoms with Gasteiger partial charge in [-0.1, -0.05) is 59.6 Å². The fourth-order valence-electron chi connectivity index (χ4n) is 6.77. The Bertz CT molecular complexity index is 2710. The SMILES string of the molecule is Cc1c(COc2cc(OCc3cncc(C#N)c3)c(CNC(C)(CO)C(=O)O)cc2Cl)cccc1-c1cccc(-c2cnc3c(Cl)cc(CNC(C)(CO)C(=O)O)cc3c2)c1C. The van der Waals surface area contributed by atoms with Crippen molar-refractivity contribution in [2.24, 2.45) is 0 Å². The van der Waals surface area contributed by atoms with Crippen LogP contribution in [-0.4, -0.2) is 66.6 Å². The molecule has 4 aromatic carbocycles. The topological polar surface area (TPSA) is 207 Å². The summed E-state index contributed by atoms with van der Waals surface area (Å²) in [6.07, 6.45) is 4.81. The van der Waals surface area contributed by atoms with E-state index in [0.29, 0.717) is 38.7 Å². The predicted octanol–water partition coefficient (Wildman–Crippen LogP) is 7.77. The van der Waals surface area contributed by atoms with Crippen molar-refractivity contribution in [2.75, 3.05) is 13.2 Å². The number of aliphatic hydroxyl groups is 2. The van der Waals surface area contributed by atoms with Crippen molar-refractivity contribution in [2.45, 2.75) is 65.1 Å². The van der Waals surface area contributed by atoms with Gasteiger partial charge in [-0.25, -0.2) is 0 Å². The average Bonchev–Trinajstić information content (AvgIpc) is 3.26. The van der Waals surface area contributed by atoms with Crippen molar-refractivity contribution in [3.63, 3.8) is 0 Å². The second-order valence-corrected chi connectivity index (χ2v) is 16.2. The van der Waals surface area contributed by atoms with Gasteiger partial charge in [0, 0.05) is 59.8 Å². The molecular formula is C47H45Cl2N5O8. The van der Waals surface area contributed by atoms with Crippen molar-refractivity contribution in [1.29, 1.82) is 5.26 Å². The number of aromatic nitrogens is 2. The van der Waals surface area contributed by atoms with Crippen molar-refractivity contribution in [1.82, 2.24) is 20.6 Å². The van der Waals surface area contributed by atoms with E-state index in [1.807, 2.05) is 49.4 Å². The highest BCUT2D eigenvalue weighted by atomic mass is 35.5. The highest BCUT2D eigenvalue weighted by molar-refractivity contribution is 6.35. The number of aliphatic hydroxyl groups excluding tert-OH is 2. The highest BCUT2D eigenvalue weighted by Crippen LogP contribution is 2.38. The Morgan fingerprint density at radius 3 is 2.05 bits per heavy atom. The van der Waals surface area contributed by atoms with E-state index in [1.54, 1.807) is 36.7 Å². The van der Waals surface area contributed by atoms with E-state index in [4.69, 9.17) is 32.7 Å². The summed E-state index contributed by atoms with van der Waals surface area (Å²) in [6, 6.07) is 24.7. The Morgan fingerprint density at radius 1 is 0.726 bits per heavy atom. The van der Waals surface area contributed by atoms with Crippen molar-refractivity contribution < 1.29 is 39.5 Å². The van der Waals surface area contributed by atoms with Gasteiger partial charge in [0.2, 0.25) is 0 Å². The lowest BCUT2D eigenvalue weighted by molar-refractivity contribution is -0.146. The molecule has 0 saturated heterocycles. The van der Waals surface area contributed by atoms with E-state index in [9.17, 15) is 35.3 Å². The molecule has 2 heterocycles. The number of nitriles is 1. The molecule has 0 aliphatic carbocycles. The minimum absolute atomic E-state index is 0.00414. The molecule has 0 bridgehead atoms. The van der Waals surface area contributed by atoms with Gasteiger partial charge in [-0.2, -0.15) is 5.26 Å². The number of fused-ring (bicyclic) bond motifs is 1. The lowest BCUT2D eigenvalue weighted by Crippen LogP contribution is -2.52. The maximum atomic E-state index is 11.9. The van der Waals surface area contributed by atoms with Crippen molar-refractivity contribution in [3.05, 3.63) is 140 Å². The molecule has 6 N–H and O–H groups in total.